The number of piperazine rings is 1. The maximum Gasteiger partial charge on any atom is 0.260 e. The van der Waals surface area contributed by atoms with E-state index in [2.05, 4.69) is 29.2 Å². The van der Waals surface area contributed by atoms with Crippen LogP contribution in [0.3, 0.4) is 0 Å². The Morgan fingerprint density at radius 2 is 1.96 bits per heavy atom. The number of hydrogen-bond acceptors (Lipinski definition) is 3. The number of rotatable bonds is 3. The minimum atomic E-state index is -0.0259. The van der Waals surface area contributed by atoms with E-state index in [1.807, 2.05) is 11.0 Å². The second kappa shape index (κ2) is 5.66. The molecule has 2 aliphatic heterocycles. The average Bonchev–Trinajstić information content (AvgIpc) is 3.15. The van der Waals surface area contributed by atoms with Crippen LogP contribution in [0.25, 0.3) is 0 Å². The lowest BCUT2D eigenvalue weighted by Crippen LogP contribution is -2.48. The molecule has 1 aromatic carbocycles. The largest absolute Gasteiger partial charge is 0.619 e. The summed E-state index contributed by atoms with van der Waals surface area (Å²) in [6.07, 6.45) is 3.79. The van der Waals surface area contributed by atoms with E-state index in [1.54, 1.807) is 12.1 Å². The number of benzene rings is 1. The van der Waals surface area contributed by atoms with Crippen LogP contribution >= 0.6 is 0 Å². The number of carbonyl (C=O) groups is 1. The monoisotopic (exact) mass is 309 g/mol. The highest BCUT2D eigenvalue weighted by Crippen LogP contribution is 2.32. The van der Waals surface area contributed by atoms with Gasteiger partial charge in [0.1, 0.15) is 5.56 Å². The van der Waals surface area contributed by atoms with Crippen molar-refractivity contribution in [1.29, 1.82) is 0 Å². The highest BCUT2D eigenvalue weighted by molar-refractivity contribution is 5.94. The SMILES string of the molecule is O=C(c1ccc[n+]([O-])c1)N1C[C@@H]2C[C@H]1CN2Cc1ccccc1. The topological polar surface area (TPSA) is 50.5 Å². The summed E-state index contributed by atoms with van der Waals surface area (Å²) in [5, 5.41) is 11.4. The minimum absolute atomic E-state index is 0.0259. The predicted octanol–water partition coefficient (Wildman–Crippen LogP) is 1.42. The number of likely N-dealkylation sites (tertiary alicyclic amines) is 2. The number of hydrogen-bond donors (Lipinski definition) is 0. The molecule has 0 unspecified atom stereocenters. The molecule has 2 aliphatic rings. The van der Waals surface area contributed by atoms with E-state index in [0.29, 0.717) is 16.3 Å². The first kappa shape index (κ1) is 14.2. The van der Waals surface area contributed by atoms with Crippen LogP contribution in [0, 0.1) is 5.21 Å². The number of fused-ring (bicyclic) bond motifs is 2. The second-order valence-corrected chi connectivity index (χ2v) is 6.37. The molecule has 2 aromatic rings. The lowest BCUT2D eigenvalue weighted by Gasteiger charge is -2.34. The molecule has 2 bridgehead atoms. The van der Waals surface area contributed by atoms with Gasteiger partial charge in [-0.3, -0.25) is 9.69 Å². The summed E-state index contributed by atoms with van der Waals surface area (Å²) in [6.45, 7) is 2.61. The molecule has 0 radical (unpaired) electrons. The average molecular weight is 309 g/mol. The molecule has 118 valence electrons. The fraction of sp³-hybridized carbons (Fsp3) is 0.333. The maximum atomic E-state index is 12.6. The highest BCUT2D eigenvalue weighted by Gasteiger charge is 2.45. The van der Waals surface area contributed by atoms with Gasteiger partial charge in [-0.25, -0.2) is 0 Å². The highest BCUT2D eigenvalue weighted by atomic mass is 16.5. The second-order valence-electron chi connectivity index (χ2n) is 6.37. The van der Waals surface area contributed by atoms with Crippen molar-refractivity contribution in [3.05, 3.63) is 71.2 Å². The van der Waals surface area contributed by atoms with Crippen LogP contribution in [0.2, 0.25) is 0 Å². The van der Waals surface area contributed by atoms with Crippen LogP contribution in [0.15, 0.2) is 54.9 Å². The van der Waals surface area contributed by atoms with Crippen molar-refractivity contribution in [2.75, 3.05) is 13.1 Å². The van der Waals surface area contributed by atoms with Gasteiger partial charge in [-0.05, 0) is 18.1 Å². The molecule has 2 fully saturated rings. The normalized spacial score (nSPS) is 23.4. The van der Waals surface area contributed by atoms with Gasteiger partial charge < -0.3 is 10.1 Å². The van der Waals surface area contributed by atoms with Gasteiger partial charge in [0, 0.05) is 37.8 Å². The van der Waals surface area contributed by atoms with Gasteiger partial charge in [0.05, 0.1) is 0 Å². The first-order chi connectivity index (χ1) is 11.2. The first-order valence-corrected chi connectivity index (χ1v) is 7.98. The molecule has 0 N–H and O–H groups in total. The molecule has 5 nitrogen and oxygen atoms in total. The summed E-state index contributed by atoms with van der Waals surface area (Å²) in [4.78, 5) is 17.0. The van der Waals surface area contributed by atoms with Crippen molar-refractivity contribution < 1.29 is 9.52 Å². The molecule has 2 saturated heterocycles. The maximum absolute atomic E-state index is 12.6. The Balaban J connectivity index is 1.44. The van der Waals surface area contributed by atoms with Crippen molar-refractivity contribution >= 4 is 5.91 Å². The Bertz CT molecular complexity index is 719. The lowest BCUT2D eigenvalue weighted by atomic mass is 10.2. The van der Waals surface area contributed by atoms with Crippen LogP contribution in [-0.4, -0.2) is 40.9 Å². The molecule has 1 amide bonds. The molecule has 23 heavy (non-hydrogen) atoms. The summed E-state index contributed by atoms with van der Waals surface area (Å²) < 4.78 is 0.684. The molecular weight excluding hydrogens is 290 g/mol. The molecule has 5 heteroatoms. The molecule has 4 rings (SSSR count). The predicted molar refractivity (Wildman–Crippen MR) is 85.5 cm³/mol. The summed E-state index contributed by atoms with van der Waals surface area (Å²) in [5.41, 5.74) is 1.79. The molecule has 0 aliphatic carbocycles. The summed E-state index contributed by atoms with van der Waals surface area (Å²) in [7, 11) is 0. The van der Waals surface area contributed by atoms with E-state index in [0.717, 1.165) is 26.1 Å². The van der Waals surface area contributed by atoms with Gasteiger partial charge in [-0.2, -0.15) is 4.73 Å². The van der Waals surface area contributed by atoms with Crippen LogP contribution in [0.4, 0.5) is 0 Å². The van der Waals surface area contributed by atoms with Crippen molar-refractivity contribution in [2.24, 2.45) is 0 Å². The molecule has 3 heterocycles. The van der Waals surface area contributed by atoms with Crippen molar-refractivity contribution in [2.45, 2.75) is 25.0 Å². The van der Waals surface area contributed by atoms with E-state index in [4.69, 9.17) is 0 Å². The Hall–Kier alpha value is -2.40. The van der Waals surface area contributed by atoms with Gasteiger partial charge in [-0.1, -0.05) is 30.3 Å². The third-order valence-corrected chi connectivity index (χ3v) is 4.87. The number of aromatic nitrogens is 1. The Morgan fingerprint density at radius 3 is 2.65 bits per heavy atom. The Labute approximate surface area is 135 Å². The quantitative estimate of drug-likeness (QED) is 0.636. The molecule has 0 spiro atoms. The van der Waals surface area contributed by atoms with Crippen LogP contribution in [0.1, 0.15) is 22.3 Å². The van der Waals surface area contributed by atoms with E-state index in [1.165, 1.54) is 18.0 Å². The number of nitrogens with zero attached hydrogens (tertiary/aromatic N) is 3. The fourth-order valence-corrected chi connectivity index (χ4v) is 3.76. The van der Waals surface area contributed by atoms with Crippen LogP contribution in [-0.2, 0) is 6.54 Å². The zero-order valence-electron chi connectivity index (χ0n) is 12.8. The smallest absolute Gasteiger partial charge is 0.260 e. The van der Waals surface area contributed by atoms with Gasteiger partial charge in [0.2, 0.25) is 0 Å². The molecule has 1 aromatic heterocycles. The number of pyridine rings is 1. The third kappa shape index (κ3) is 2.68. The number of carbonyl (C=O) groups excluding carboxylic acids is 1. The standard InChI is InChI=1S/C18H19N3O2/c22-18(15-7-4-8-20(23)11-15)21-13-16-9-17(21)12-19(16)10-14-5-2-1-3-6-14/h1-8,11,16-17H,9-10,12-13H2/t16-,17-/m0/s1. The Morgan fingerprint density at radius 1 is 1.13 bits per heavy atom. The van der Waals surface area contributed by atoms with Crippen molar-refractivity contribution in [1.82, 2.24) is 9.80 Å². The summed E-state index contributed by atoms with van der Waals surface area (Å²) in [5.74, 6) is -0.0259. The van der Waals surface area contributed by atoms with Crippen molar-refractivity contribution in [3.8, 4) is 0 Å². The minimum Gasteiger partial charge on any atom is -0.619 e. The van der Waals surface area contributed by atoms with E-state index in [-0.39, 0.29) is 11.9 Å². The van der Waals surface area contributed by atoms with E-state index < -0.39 is 0 Å². The van der Waals surface area contributed by atoms with Gasteiger partial charge in [0.25, 0.3) is 5.91 Å². The van der Waals surface area contributed by atoms with Crippen LogP contribution < -0.4 is 4.73 Å². The van der Waals surface area contributed by atoms with Gasteiger partial charge >= 0.3 is 0 Å². The third-order valence-electron chi connectivity index (χ3n) is 4.87. The summed E-state index contributed by atoms with van der Waals surface area (Å²) in [6, 6.07) is 14.5. The fourth-order valence-electron chi connectivity index (χ4n) is 3.76. The van der Waals surface area contributed by atoms with E-state index in [9.17, 15) is 10.0 Å². The molecule has 2 atom stereocenters. The Kier molecular flexibility index (Phi) is 3.50. The zero-order chi connectivity index (χ0) is 15.8. The van der Waals surface area contributed by atoms with Gasteiger partial charge in [0.15, 0.2) is 12.4 Å². The van der Waals surface area contributed by atoms with Crippen LogP contribution in [0.5, 0.6) is 0 Å². The first-order valence-electron chi connectivity index (χ1n) is 7.98. The van der Waals surface area contributed by atoms with Gasteiger partial charge in [-0.15, -0.1) is 0 Å². The van der Waals surface area contributed by atoms with E-state index >= 15 is 0 Å². The lowest BCUT2D eigenvalue weighted by molar-refractivity contribution is -0.605. The zero-order valence-corrected chi connectivity index (χ0v) is 12.8. The van der Waals surface area contributed by atoms with Crippen molar-refractivity contribution in [3.63, 3.8) is 0 Å². The molecule has 0 saturated carbocycles. The number of amides is 1. The summed E-state index contributed by atoms with van der Waals surface area (Å²) >= 11 is 0. The molecular formula is C18H19N3O2.